The van der Waals surface area contributed by atoms with Crippen molar-refractivity contribution in [1.82, 2.24) is 0 Å². The second-order valence-corrected chi connectivity index (χ2v) is 6.48. The lowest BCUT2D eigenvalue weighted by Gasteiger charge is -2.29. The fourth-order valence-corrected chi connectivity index (χ4v) is 3.03. The first kappa shape index (κ1) is 17.9. The lowest BCUT2D eigenvalue weighted by atomic mass is 10.1. The van der Waals surface area contributed by atoms with Crippen LogP contribution < -0.4 is 15.5 Å². The van der Waals surface area contributed by atoms with E-state index < -0.39 is 0 Å². The summed E-state index contributed by atoms with van der Waals surface area (Å²) in [4.78, 5) is 37.8. The van der Waals surface area contributed by atoms with E-state index in [2.05, 4.69) is 10.6 Å². The average molecular weight is 372 g/mol. The molecule has 1 heterocycles. The molecule has 0 spiro atoms. The van der Waals surface area contributed by atoms with Crippen LogP contribution in [0, 0.1) is 6.92 Å². The maximum atomic E-state index is 12.5. The molecule has 0 radical (unpaired) electrons. The molecule has 0 atom stereocenters. The van der Waals surface area contributed by atoms with Gasteiger partial charge in [0.1, 0.15) is 6.54 Å². The molecule has 0 bridgehead atoms. The van der Waals surface area contributed by atoms with Crippen molar-refractivity contribution in [3.05, 3.63) is 53.1 Å². The molecule has 1 aliphatic rings. The highest BCUT2D eigenvalue weighted by atomic mass is 35.5. The molecular formula is C19H18ClN3O3. The number of amides is 3. The van der Waals surface area contributed by atoms with E-state index in [9.17, 15) is 14.4 Å². The third-order valence-corrected chi connectivity index (χ3v) is 4.35. The molecule has 3 rings (SSSR count). The van der Waals surface area contributed by atoms with E-state index in [4.69, 9.17) is 11.6 Å². The maximum absolute atomic E-state index is 12.5. The number of hydrogen-bond donors (Lipinski definition) is 2. The van der Waals surface area contributed by atoms with Crippen molar-refractivity contribution in [2.24, 2.45) is 0 Å². The molecule has 1 aliphatic heterocycles. The zero-order valence-electron chi connectivity index (χ0n) is 14.2. The first-order valence-corrected chi connectivity index (χ1v) is 8.57. The fraction of sp³-hybridized carbons (Fsp3) is 0.211. The average Bonchev–Trinajstić information content (AvgIpc) is 2.61. The molecule has 3 amide bonds. The first-order valence-electron chi connectivity index (χ1n) is 8.19. The van der Waals surface area contributed by atoms with Gasteiger partial charge in [-0.05, 0) is 36.8 Å². The highest BCUT2D eigenvalue weighted by Gasteiger charge is 2.26. The van der Waals surface area contributed by atoms with Gasteiger partial charge in [0, 0.05) is 12.8 Å². The number of benzene rings is 2. The number of carbonyl (C=O) groups is 3. The Hall–Kier alpha value is -2.86. The van der Waals surface area contributed by atoms with Crippen molar-refractivity contribution < 1.29 is 14.4 Å². The number of rotatable bonds is 4. The Bertz CT molecular complexity index is 882. The maximum Gasteiger partial charge on any atom is 0.244 e. The number of nitrogens with zero attached hydrogens (tertiary/aromatic N) is 1. The molecule has 2 N–H and O–H groups in total. The Morgan fingerprint density at radius 3 is 2.73 bits per heavy atom. The Balaban J connectivity index is 1.62. The van der Waals surface area contributed by atoms with E-state index in [-0.39, 0.29) is 37.1 Å². The van der Waals surface area contributed by atoms with Crippen LogP contribution in [0.25, 0.3) is 0 Å². The summed E-state index contributed by atoms with van der Waals surface area (Å²) in [6.07, 6.45) is 0.000251. The van der Waals surface area contributed by atoms with Gasteiger partial charge in [-0.3, -0.25) is 14.4 Å². The second-order valence-electron chi connectivity index (χ2n) is 6.08. The molecule has 0 aromatic heterocycles. The molecule has 0 unspecified atom stereocenters. The van der Waals surface area contributed by atoms with Gasteiger partial charge >= 0.3 is 0 Å². The minimum atomic E-state index is -0.307. The lowest BCUT2D eigenvalue weighted by molar-refractivity contribution is -0.124. The fourth-order valence-electron chi connectivity index (χ4n) is 2.75. The number of nitrogens with one attached hydrogen (secondary N) is 2. The van der Waals surface area contributed by atoms with Crippen LogP contribution in [0.2, 0.25) is 5.02 Å². The van der Waals surface area contributed by atoms with E-state index in [0.717, 1.165) is 5.56 Å². The molecule has 0 aliphatic carbocycles. The van der Waals surface area contributed by atoms with Crippen LogP contribution in [0.1, 0.15) is 18.4 Å². The van der Waals surface area contributed by atoms with Crippen molar-refractivity contribution in [1.29, 1.82) is 0 Å². The minimum Gasteiger partial charge on any atom is -0.325 e. The molecule has 2 aromatic rings. The molecule has 26 heavy (non-hydrogen) atoms. The van der Waals surface area contributed by atoms with Gasteiger partial charge in [0.25, 0.3) is 0 Å². The van der Waals surface area contributed by atoms with Crippen LogP contribution in [-0.2, 0) is 14.4 Å². The Morgan fingerprint density at radius 2 is 1.96 bits per heavy atom. The van der Waals surface area contributed by atoms with Crippen molar-refractivity contribution >= 4 is 46.4 Å². The van der Waals surface area contributed by atoms with Gasteiger partial charge in [-0.15, -0.1) is 0 Å². The van der Waals surface area contributed by atoms with Gasteiger partial charge in [0.2, 0.25) is 17.7 Å². The molecule has 0 saturated heterocycles. The summed E-state index contributed by atoms with van der Waals surface area (Å²) in [5.74, 6) is -0.843. The van der Waals surface area contributed by atoms with Crippen molar-refractivity contribution in [2.45, 2.75) is 19.8 Å². The summed E-state index contributed by atoms with van der Waals surface area (Å²) in [6, 6.07) is 12.4. The van der Waals surface area contributed by atoms with Crippen molar-refractivity contribution in [3.63, 3.8) is 0 Å². The summed E-state index contributed by atoms with van der Waals surface area (Å²) in [5, 5.41) is 5.88. The second kappa shape index (κ2) is 7.58. The largest absolute Gasteiger partial charge is 0.325 e. The van der Waals surface area contributed by atoms with E-state index in [0.29, 0.717) is 22.1 Å². The summed E-state index contributed by atoms with van der Waals surface area (Å²) in [5.41, 5.74) is 2.73. The van der Waals surface area contributed by atoms with Gasteiger partial charge < -0.3 is 15.5 Å². The zero-order valence-corrected chi connectivity index (χ0v) is 15.0. The number of hydrogen-bond acceptors (Lipinski definition) is 3. The SMILES string of the molecule is Cc1ccc(NC(=O)CCC(=O)N2CC(=O)Nc3ccccc32)c(Cl)c1. The molecule has 0 fully saturated rings. The van der Waals surface area contributed by atoms with E-state index in [1.165, 1.54) is 4.90 Å². The summed E-state index contributed by atoms with van der Waals surface area (Å²) in [6.45, 7) is 1.85. The van der Waals surface area contributed by atoms with E-state index in [1.807, 2.05) is 13.0 Å². The molecule has 0 saturated carbocycles. The molecule has 134 valence electrons. The van der Waals surface area contributed by atoms with Crippen LogP contribution in [0.4, 0.5) is 17.1 Å². The minimum absolute atomic E-state index is 0.00305. The van der Waals surface area contributed by atoms with E-state index in [1.54, 1.807) is 36.4 Å². The topological polar surface area (TPSA) is 78.5 Å². The number of fused-ring (bicyclic) bond motifs is 1. The molecule has 2 aromatic carbocycles. The zero-order chi connectivity index (χ0) is 18.7. The smallest absolute Gasteiger partial charge is 0.244 e. The molecular weight excluding hydrogens is 354 g/mol. The third-order valence-electron chi connectivity index (χ3n) is 4.04. The van der Waals surface area contributed by atoms with Crippen LogP contribution in [0.5, 0.6) is 0 Å². The number of anilines is 3. The predicted molar refractivity (Wildman–Crippen MR) is 101 cm³/mol. The van der Waals surface area contributed by atoms with Crippen LogP contribution in [-0.4, -0.2) is 24.3 Å². The van der Waals surface area contributed by atoms with Crippen molar-refractivity contribution in [3.8, 4) is 0 Å². The Morgan fingerprint density at radius 1 is 1.19 bits per heavy atom. The number of carbonyl (C=O) groups excluding carboxylic acids is 3. The standard InChI is InChI=1S/C19H18ClN3O3/c1-12-6-7-14(13(20)10-12)21-17(24)8-9-19(26)23-11-18(25)22-15-4-2-3-5-16(15)23/h2-7,10H,8-9,11H2,1H3,(H,21,24)(H,22,25). The Labute approximate surface area is 156 Å². The monoisotopic (exact) mass is 371 g/mol. The van der Waals surface area contributed by atoms with Gasteiger partial charge in [0.05, 0.1) is 22.1 Å². The summed E-state index contributed by atoms with van der Waals surface area (Å²) >= 11 is 6.10. The van der Waals surface area contributed by atoms with Gasteiger partial charge in [-0.1, -0.05) is 29.8 Å². The van der Waals surface area contributed by atoms with Gasteiger partial charge in [0.15, 0.2) is 0 Å². The van der Waals surface area contributed by atoms with E-state index >= 15 is 0 Å². The first-order chi connectivity index (χ1) is 12.4. The number of halogens is 1. The normalized spacial score (nSPS) is 13.0. The highest BCUT2D eigenvalue weighted by molar-refractivity contribution is 6.33. The third kappa shape index (κ3) is 4.03. The molecule has 6 nitrogen and oxygen atoms in total. The molecule has 7 heteroatoms. The number of para-hydroxylation sites is 2. The number of aryl methyl sites for hydroxylation is 1. The Kier molecular flexibility index (Phi) is 5.23. The predicted octanol–water partition coefficient (Wildman–Crippen LogP) is 3.35. The van der Waals surface area contributed by atoms with Crippen LogP contribution >= 0.6 is 11.6 Å². The van der Waals surface area contributed by atoms with Crippen LogP contribution in [0.3, 0.4) is 0 Å². The van der Waals surface area contributed by atoms with Gasteiger partial charge in [-0.2, -0.15) is 0 Å². The van der Waals surface area contributed by atoms with Crippen LogP contribution in [0.15, 0.2) is 42.5 Å². The quantitative estimate of drug-likeness (QED) is 0.865. The van der Waals surface area contributed by atoms with Crippen molar-refractivity contribution in [2.75, 3.05) is 22.1 Å². The lowest BCUT2D eigenvalue weighted by Crippen LogP contribution is -2.42. The summed E-state index contributed by atoms with van der Waals surface area (Å²) < 4.78 is 0. The summed E-state index contributed by atoms with van der Waals surface area (Å²) in [7, 11) is 0. The van der Waals surface area contributed by atoms with Gasteiger partial charge in [-0.25, -0.2) is 0 Å². The highest BCUT2D eigenvalue weighted by Crippen LogP contribution is 2.29.